The number of ether oxygens (including phenoxy) is 1. The molecule has 2 heterocycles. The molecule has 0 aliphatic rings. The van der Waals surface area contributed by atoms with Crippen LogP contribution < -0.4 is 10.1 Å². The lowest BCUT2D eigenvalue weighted by Gasteiger charge is -2.08. The number of aromatic nitrogens is 3. The van der Waals surface area contributed by atoms with Crippen LogP contribution in [0, 0.1) is 6.92 Å². The number of fused-ring (bicyclic) bond motifs is 1. The van der Waals surface area contributed by atoms with Gasteiger partial charge in [0.1, 0.15) is 0 Å². The van der Waals surface area contributed by atoms with Gasteiger partial charge in [-0.25, -0.2) is 4.98 Å². The third-order valence-electron chi connectivity index (χ3n) is 3.04. The van der Waals surface area contributed by atoms with Gasteiger partial charge in [-0.3, -0.25) is 5.10 Å². The fourth-order valence-corrected chi connectivity index (χ4v) is 2.16. The molecule has 0 saturated carbocycles. The van der Waals surface area contributed by atoms with E-state index in [1.807, 2.05) is 44.3 Å². The molecule has 2 N–H and O–H groups in total. The smallest absolute Gasteiger partial charge is 0.240 e. The van der Waals surface area contributed by atoms with Crippen LogP contribution in [0.4, 0.5) is 0 Å². The van der Waals surface area contributed by atoms with E-state index in [0.717, 1.165) is 28.7 Å². The molecule has 2 aromatic heterocycles. The fraction of sp³-hybridized carbons (Fsp3) is 0.200. The summed E-state index contributed by atoms with van der Waals surface area (Å²) in [6.45, 7) is 2.69. The molecule has 1 aromatic carbocycles. The number of para-hydroxylation sites is 1. The van der Waals surface area contributed by atoms with Crippen LogP contribution in [0.25, 0.3) is 10.9 Å². The summed E-state index contributed by atoms with van der Waals surface area (Å²) in [7, 11) is 1.92. The van der Waals surface area contributed by atoms with E-state index in [1.165, 1.54) is 0 Å². The first-order chi connectivity index (χ1) is 9.76. The van der Waals surface area contributed by atoms with Crippen molar-refractivity contribution in [2.45, 2.75) is 13.5 Å². The molecule has 0 atom stereocenters. The molecule has 3 rings (SSSR count). The van der Waals surface area contributed by atoms with Crippen LogP contribution in [0.3, 0.4) is 0 Å². The molecule has 0 aliphatic heterocycles. The number of nitrogens with one attached hydrogen (secondary N) is 2. The standard InChI is InChI=1S/C15H16N4O/c1-10-7-15(19-18-10)20-14-8-11(9-16-2)12-5-3-4-6-13(12)17-14/h3-8,16H,9H2,1-2H3,(H,18,19). The van der Waals surface area contributed by atoms with Crippen molar-refractivity contribution in [2.24, 2.45) is 0 Å². The zero-order valence-electron chi connectivity index (χ0n) is 11.5. The van der Waals surface area contributed by atoms with Crippen molar-refractivity contribution >= 4 is 10.9 Å². The maximum Gasteiger partial charge on any atom is 0.240 e. The number of hydrogen-bond acceptors (Lipinski definition) is 4. The van der Waals surface area contributed by atoms with Gasteiger partial charge in [-0.05, 0) is 25.6 Å². The van der Waals surface area contributed by atoms with Crippen LogP contribution in [0.15, 0.2) is 36.4 Å². The van der Waals surface area contributed by atoms with Gasteiger partial charge in [-0.1, -0.05) is 18.2 Å². The Kier molecular flexibility index (Phi) is 3.35. The first-order valence-electron chi connectivity index (χ1n) is 6.49. The third-order valence-corrected chi connectivity index (χ3v) is 3.04. The van der Waals surface area contributed by atoms with Crippen molar-refractivity contribution in [1.29, 1.82) is 0 Å². The number of hydrogen-bond donors (Lipinski definition) is 2. The van der Waals surface area contributed by atoms with E-state index in [0.29, 0.717) is 11.8 Å². The number of rotatable bonds is 4. The van der Waals surface area contributed by atoms with E-state index < -0.39 is 0 Å². The number of aromatic amines is 1. The molecule has 3 aromatic rings. The molecule has 0 saturated heterocycles. The highest BCUT2D eigenvalue weighted by Gasteiger charge is 2.08. The number of nitrogens with zero attached hydrogens (tertiary/aromatic N) is 2. The van der Waals surface area contributed by atoms with Crippen molar-refractivity contribution in [3.8, 4) is 11.8 Å². The summed E-state index contributed by atoms with van der Waals surface area (Å²) in [6.07, 6.45) is 0. The van der Waals surface area contributed by atoms with E-state index in [4.69, 9.17) is 4.74 Å². The Labute approximate surface area is 117 Å². The van der Waals surface area contributed by atoms with Crippen LogP contribution in [-0.2, 0) is 6.54 Å². The van der Waals surface area contributed by atoms with Crippen molar-refractivity contribution < 1.29 is 4.74 Å². The van der Waals surface area contributed by atoms with Crippen molar-refractivity contribution in [1.82, 2.24) is 20.5 Å². The van der Waals surface area contributed by atoms with Crippen LogP contribution in [0.5, 0.6) is 11.8 Å². The largest absolute Gasteiger partial charge is 0.419 e. The van der Waals surface area contributed by atoms with Gasteiger partial charge in [0.05, 0.1) is 5.52 Å². The highest BCUT2D eigenvalue weighted by atomic mass is 16.5. The Balaban J connectivity index is 2.02. The lowest BCUT2D eigenvalue weighted by Crippen LogP contribution is -2.06. The van der Waals surface area contributed by atoms with Gasteiger partial charge in [-0.2, -0.15) is 0 Å². The fourth-order valence-electron chi connectivity index (χ4n) is 2.16. The Morgan fingerprint density at radius 1 is 1.20 bits per heavy atom. The second kappa shape index (κ2) is 5.30. The predicted octanol–water partition coefficient (Wildman–Crippen LogP) is 2.78. The molecular formula is C15H16N4O. The van der Waals surface area contributed by atoms with Gasteiger partial charge >= 0.3 is 0 Å². The Morgan fingerprint density at radius 2 is 2.05 bits per heavy atom. The lowest BCUT2D eigenvalue weighted by molar-refractivity contribution is 0.444. The van der Waals surface area contributed by atoms with E-state index in [1.54, 1.807) is 0 Å². The molecule has 102 valence electrons. The minimum absolute atomic E-state index is 0.528. The number of pyridine rings is 1. The summed E-state index contributed by atoms with van der Waals surface area (Å²) in [5, 5.41) is 11.2. The summed E-state index contributed by atoms with van der Waals surface area (Å²) in [5.74, 6) is 1.08. The SMILES string of the molecule is CNCc1cc(Oc2cc(C)[nH]n2)nc2ccccc12. The van der Waals surface area contributed by atoms with Gasteiger partial charge in [0, 0.05) is 29.8 Å². The van der Waals surface area contributed by atoms with Crippen LogP contribution in [0.1, 0.15) is 11.3 Å². The zero-order chi connectivity index (χ0) is 13.9. The highest BCUT2D eigenvalue weighted by molar-refractivity contribution is 5.82. The predicted molar refractivity (Wildman–Crippen MR) is 77.9 cm³/mol. The van der Waals surface area contributed by atoms with Gasteiger partial charge in [0.15, 0.2) is 0 Å². The minimum atomic E-state index is 0.528. The van der Waals surface area contributed by atoms with Crippen molar-refractivity contribution in [2.75, 3.05) is 7.05 Å². The second-order valence-electron chi connectivity index (χ2n) is 4.66. The summed E-state index contributed by atoms with van der Waals surface area (Å²) in [4.78, 5) is 4.52. The highest BCUT2D eigenvalue weighted by Crippen LogP contribution is 2.25. The van der Waals surface area contributed by atoms with Crippen LogP contribution >= 0.6 is 0 Å². The van der Waals surface area contributed by atoms with E-state index in [9.17, 15) is 0 Å². The van der Waals surface area contributed by atoms with Crippen molar-refractivity contribution in [3.05, 3.63) is 47.7 Å². The first kappa shape index (κ1) is 12.6. The first-order valence-corrected chi connectivity index (χ1v) is 6.49. The molecule has 0 fully saturated rings. The quantitative estimate of drug-likeness (QED) is 0.763. The third kappa shape index (κ3) is 2.48. The van der Waals surface area contributed by atoms with Gasteiger partial charge in [0.2, 0.25) is 11.8 Å². The average molecular weight is 268 g/mol. The van der Waals surface area contributed by atoms with E-state index in [-0.39, 0.29) is 0 Å². The summed E-state index contributed by atoms with van der Waals surface area (Å²) >= 11 is 0. The van der Waals surface area contributed by atoms with Crippen LogP contribution in [0.2, 0.25) is 0 Å². The molecule has 5 nitrogen and oxygen atoms in total. The molecule has 0 radical (unpaired) electrons. The lowest BCUT2D eigenvalue weighted by atomic mass is 10.1. The monoisotopic (exact) mass is 268 g/mol. The maximum absolute atomic E-state index is 5.71. The maximum atomic E-state index is 5.71. The minimum Gasteiger partial charge on any atom is -0.419 e. The van der Waals surface area contributed by atoms with Crippen molar-refractivity contribution in [3.63, 3.8) is 0 Å². The number of benzene rings is 1. The summed E-state index contributed by atoms with van der Waals surface area (Å²) in [5.41, 5.74) is 3.03. The van der Waals surface area contributed by atoms with Gasteiger partial charge in [-0.15, -0.1) is 5.10 Å². The molecule has 0 unspecified atom stereocenters. The zero-order valence-corrected chi connectivity index (χ0v) is 11.5. The Morgan fingerprint density at radius 3 is 2.80 bits per heavy atom. The number of H-pyrrole nitrogens is 1. The summed E-state index contributed by atoms with van der Waals surface area (Å²) < 4.78 is 5.71. The topological polar surface area (TPSA) is 62.8 Å². The Bertz CT molecular complexity index is 736. The molecule has 0 amide bonds. The second-order valence-corrected chi connectivity index (χ2v) is 4.66. The molecular weight excluding hydrogens is 252 g/mol. The van der Waals surface area contributed by atoms with Gasteiger partial charge in [0.25, 0.3) is 0 Å². The van der Waals surface area contributed by atoms with E-state index >= 15 is 0 Å². The van der Waals surface area contributed by atoms with Gasteiger partial charge < -0.3 is 10.1 Å². The molecule has 0 aliphatic carbocycles. The van der Waals surface area contributed by atoms with E-state index in [2.05, 4.69) is 26.6 Å². The van der Waals surface area contributed by atoms with Crippen LogP contribution in [-0.4, -0.2) is 22.2 Å². The normalized spacial score (nSPS) is 10.9. The Hall–Kier alpha value is -2.40. The molecule has 5 heteroatoms. The molecule has 0 bridgehead atoms. The number of aryl methyl sites for hydroxylation is 1. The molecule has 20 heavy (non-hydrogen) atoms. The molecule has 0 spiro atoms. The average Bonchev–Trinajstić information content (AvgIpc) is 2.84. The summed E-state index contributed by atoms with van der Waals surface area (Å²) in [6, 6.07) is 11.8.